The van der Waals surface area contributed by atoms with Crippen LogP contribution in [0.3, 0.4) is 0 Å². The van der Waals surface area contributed by atoms with Crippen LogP contribution in [0.2, 0.25) is 0 Å². The van der Waals surface area contributed by atoms with Crippen LogP contribution < -0.4 is 4.74 Å². The first-order chi connectivity index (χ1) is 8.65. The molecule has 18 heavy (non-hydrogen) atoms. The number of ether oxygens (including phenoxy) is 1. The van der Waals surface area contributed by atoms with Gasteiger partial charge in [-0.25, -0.2) is 0 Å². The van der Waals surface area contributed by atoms with Gasteiger partial charge in [0, 0.05) is 31.1 Å². The van der Waals surface area contributed by atoms with Gasteiger partial charge < -0.3 is 9.84 Å². The lowest BCUT2D eigenvalue weighted by Crippen LogP contribution is -2.48. The Labute approximate surface area is 107 Å². The van der Waals surface area contributed by atoms with E-state index < -0.39 is 0 Å². The topological polar surface area (TPSA) is 56.5 Å². The molecule has 96 valence electrons. The van der Waals surface area contributed by atoms with Crippen LogP contribution in [0.1, 0.15) is 24.0 Å². The summed E-state index contributed by atoms with van der Waals surface area (Å²) in [5.41, 5.74) is 1.69. The zero-order valence-corrected chi connectivity index (χ0v) is 10.8. The van der Waals surface area contributed by atoms with Gasteiger partial charge in [-0.1, -0.05) is 6.07 Å². The lowest BCUT2D eigenvalue weighted by Gasteiger charge is -2.40. The van der Waals surface area contributed by atoms with Gasteiger partial charge in [0.2, 0.25) is 0 Å². The van der Waals surface area contributed by atoms with Crippen molar-refractivity contribution in [1.29, 1.82) is 5.26 Å². The monoisotopic (exact) mass is 246 g/mol. The van der Waals surface area contributed by atoms with Crippen LogP contribution in [0.4, 0.5) is 0 Å². The number of likely N-dealkylation sites (tertiary alicyclic amines) is 1. The minimum absolute atomic E-state index is 0.306. The molecule has 1 fully saturated rings. The Morgan fingerprint density at radius 1 is 1.56 bits per heavy atom. The number of rotatable bonds is 4. The first-order valence-electron chi connectivity index (χ1n) is 6.13. The molecule has 1 aliphatic rings. The second kappa shape index (κ2) is 5.38. The van der Waals surface area contributed by atoms with Crippen molar-refractivity contribution >= 4 is 0 Å². The molecule has 4 heteroatoms. The number of β-amino-alcohol motifs (C(OH)–C–C–N with tert-alkyl or cyclic N) is 1. The molecule has 0 amide bonds. The van der Waals surface area contributed by atoms with Crippen molar-refractivity contribution in [2.45, 2.75) is 18.9 Å². The van der Waals surface area contributed by atoms with Gasteiger partial charge in [0.05, 0.1) is 24.8 Å². The molecule has 2 rings (SSSR count). The SMILES string of the molecule is COc1cccc(C#N)c1C1CN(C[C@H](C)O)C1. The summed E-state index contributed by atoms with van der Waals surface area (Å²) in [6, 6.07) is 7.79. The summed E-state index contributed by atoms with van der Waals surface area (Å²) in [6.07, 6.45) is -0.306. The van der Waals surface area contributed by atoms with E-state index in [0.29, 0.717) is 18.0 Å². The predicted molar refractivity (Wildman–Crippen MR) is 68.6 cm³/mol. The molecular weight excluding hydrogens is 228 g/mol. The van der Waals surface area contributed by atoms with Gasteiger partial charge in [-0.2, -0.15) is 5.26 Å². The summed E-state index contributed by atoms with van der Waals surface area (Å²) >= 11 is 0. The van der Waals surface area contributed by atoms with Gasteiger partial charge >= 0.3 is 0 Å². The number of hydrogen-bond acceptors (Lipinski definition) is 4. The van der Waals surface area contributed by atoms with E-state index in [9.17, 15) is 5.11 Å². The van der Waals surface area contributed by atoms with Gasteiger partial charge in [0.1, 0.15) is 5.75 Å². The Morgan fingerprint density at radius 3 is 2.83 bits per heavy atom. The fourth-order valence-corrected chi connectivity index (χ4v) is 2.52. The highest BCUT2D eigenvalue weighted by Crippen LogP contribution is 2.35. The number of benzene rings is 1. The van der Waals surface area contributed by atoms with E-state index in [2.05, 4.69) is 11.0 Å². The third kappa shape index (κ3) is 2.47. The van der Waals surface area contributed by atoms with Gasteiger partial charge in [0.15, 0.2) is 0 Å². The summed E-state index contributed by atoms with van der Waals surface area (Å²) in [4.78, 5) is 2.18. The molecule has 0 aliphatic carbocycles. The van der Waals surface area contributed by atoms with E-state index in [1.54, 1.807) is 14.0 Å². The lowest BCUT2D eigenvalue weighted by molar-refractivity contribution is 0.0734. The highest BCUT2D eigenvalue weighted by molar-refractivity contribution is 5.49. The molecule has 0 aromatic heterocycles. The second-order valence-corrected chi connectivity index (χ2v) is 4.80. The first kappa shape index (κ1) is 12.9. The van der Waals surface area contributed by atoms with Crippen molar-refractivity contribution < 1.29 is 9.84 Å². The minimum atomic E-state index is -0.306. The molecule has 0 spiro atoms. The summed E-state index contributed by atoms with van der Waals surface area (Å²) in [5, 5.41) is 18.5. The van der Waals surface area contributed by atoms with Gasteiger partial charge in [-0.05, 0) is 19.1 Å². The Morgan fingerprint density at radius 2 is 2.28 bits per heavy atom. The molecule has 1 aliphatic heterocycles. The number of nitriles is 1. The van der Waals surface area contributed by atoms with Crippen molar-refractivity contribution in [2.75, 3.05) is 26.7 Å². The molecule has 0 saturated carbocycles. The maximum Gasteiger partial charge on any atom is 0.123 e. The van der Waals surface area contributed by atoms with Gasteiger partial charge in [0.25, 0.3) is 0 Å². The van der Waals surface area contributed by atoms with Crippen LogP contribution in [-0.2, 0) is 0 Å². The molecule has 1 aromatic carbocycles. The van der Waals surface area contributed by atoms with Gasteiger partial charge in [-0.15, -0.1) is 0 Å². The van der Waals surface area contributed by atoms with Crippen LogP contribution in [0.25, 0.3) is 0 Å². The minimum Gasteiger partial charge on any atom is -0.496 e. The smallest absolute Gasteiger partial charge is 0.123 e. The average Bonchev–Trinajstić information content (AvgIpc) is 2.32. The van der Waals surface area contributed by atoms with Crippen molar-refractivity contribution in [2.24, 2.45) is 0 Å². The third-order valence-corrected chi connectivity index (χ3v) is 3.29. The second-order valence-electron chi connectivity index (χ2n) is 4.80. The van der Waals surface area contributed by atoms with Crippen LogP contribution in [0.5, 0.6) is 5.75 Å². The molecule has 0 bridgehead atoms. The number of hydrogen-bond donors (Lipinski definition) is 1. The Hall–Kier alpha value is -1.57. The predicted octanol–water partition coefficient (Wildman–Crippen LogP) is 1.35. The zero-order valence-electron chi connectivity index (χ0n) is 10.8. The number of methoxy groups -OCH3 is 1. The van der Waals surface area contributed by atoms with Crippen molar-refractivity contribution in [1.82, 2.24) is 4.90 Å². The molecule has 1 N–H and O–H groups in total. The Bertz CT molecular complexity index is 459. The first-order valence-corrected chi connectivity index (χ1v) is 6.13. The van der Waals surface area contributed by atoms with Crippen LogP contribution >= 0.6 is 0 Å². The highest BCUT2D eigenvalue weighted by Gasteiger charge is 2.32. The number of aliphatic hydroxyl groups is 1. The van der Waals surface area contributed by atoms with Crippen LogP contribution in [0, 0.1) is 11.3 Å². The third-order valence-electron chi connectivity index (χ3n) is 3.29. The maximum absolute atomic E-state index is 9.33. The van der Waals surface area contributed by atoms with Crippen molar-refractivity contribution in [3.63, 3.8) is 0 Å². The molecule has 1 atom stereocenters. The van der Waals surface area contributed by atoms with E-state index >= 15 is 0 Å². The van der Waals surface area contributed by atoms with E-state index in [4.69, 9.17) is 10.00 Å². The zero-order chi connectivity index (χ0) is 13.1. The Balaban J connectivity index is 2.13. The molecule has 0 radical (unpaired) electrons. The molecule has 1 aromatic rings. The summed E-state index contributed by atoms with van der Waals surface area (Å²) < 4.78 is 5.34. The standard InChI is InChI=1S/C14H18N2O2/c1-10(17)7-16-8-12(9-16)14-11(6-15)4-3-5-13(14)18-2/h3-5,10,12,17H,7-9H2,1-2H3/t10-/m0/s1. The van der Waals surface area contributed by atoms with Gasteiger partial charge in [-0.3, -0.25) is 4.90 Å². The summed E-state index contributed by atoms with van der Waals surface area (Å²) in [7, 11) is 1.63. The average molecular weight is 246 g/mol. The van der Waals surface area contributed by atoms with Crippen molar-refractivity contribution in [3.05, 3.63) is 29.3 Å². The van der Waals surface area contributed by atoms with Crippen LogP contribution in [-0.4, -0.2) is 42.9 Å². The van der Waals surface area contributed by atoms with E-state index in [-0.39, 0.29) is 6.10 Å². The number of nitrogens with zero attached hydrogens (tertiary/aromatic N) is 2. The molecule has 1 saturated heterocycles. The van der Waals surface area contributed by atoms with E-state index in [0.717, 1.165) is 24.4 Å². The van der Waals surface area contributed by atoms with E-state index in [1.165, 1.54) is 0 Å². The summed E-state index contributed by atoms with van der Waals surface area (Å²) in [5.74, 6) is 1.12. The molecular formula is C14H18N2O2. The maximum atomic E-state index is 9.33. The molecule has 1 heterocycles. The quantitative estimate of drug-likeness (QED) is 0.871. The molecule has 0 unspecified atom stereocenters. The van der Waals surface area contributed by atoms with Crippen LogP contribution in [0.15, 0.2) is 18.2 Å². The number of aliphatic hydroxyl groups excluding tert-OH is 1. The summed E-state index contributed by atoms with van der Waals surface area (Å²) in [6.45, 7) is 4.23. The van der Waals surface area contributed by atoms with E-state index in [1.807, 2.05) is 18.2 Å². The molecule has 4 nitrogen and oxygen atoms in total. The fourth-order valence-electron chi connectivity index (χ4n) is 2.52. The van der Waals surface area contributed by atoms with Crippen molar-refractivity contribution in [3.8, 4) is 11.8 Å². The fraction of sp³-hybridized carbons (Fsp3) is 0.500. The lowest BCUT2D eigenvalue weighted by atomic mass is 9.87. The highest BCUT2D eigenvalue weighted by atomic mass is 16.5. The Kier molecular flexibility index (Phi) is 3.85. The normalized spacial score (nSPS) is 17.9. The largest absolute Gasteiger partial charge is 0.496 e.